The Bertz CT molecular complexity index is 710. The standard InChI is InChI=1S/C20H25N3O/c1-3-20(2)13-15-9-5-6-10-16(15)18(17(20)14-21)22-19(24)23-11-7-4-8-12-23/h5-6,9-10H,3-4,7-8,11-13H2,1-2H3,(H,22,24). The zero-order valence-corrected chi connectivity index (χ0v) is 14.6. The number of hydrogen-bond acceptors (Lipinski definition) is 2. The van der Waals surface area contributed by atoms with Crippen LogP contribution in [0.1, 0.15) is 50.7 Å². The molecule has 2 amide bonds. The third-order valence-electron chi connectivity index (χ3n) is 5.49. The number of nitriles is 1. The molecule has 0 aromatic heterocycles. The molecule has 1 aliphatic carbocycles. The predicted molar refractivity (Wildman–Crippen MR) is 95.0 cm³/mol. The highest BCUT2D eigenvalue weighted by molar-refractivity contribution is 5.89. The van der Waals surface area contributed by atoms with Crippen molar-refractivity contribution in [3.05, 3.63) is 41.0 Å². The first-order valence-electron chi connectivity index (χ1n) is 8.88. The highest BCUT2D eigenvalue weighted by Gasteiger charge is 2.37. The van der Waals surface area contributed by atoms with Gasteiger partial charge in [0.25, 0.3) is 0 Å². The molecular formula is C20H25N3O. The number of nitrogens with zero attached hydrogens (tertiary/aromatic N) is 2. The molecule has 1 aromatic rings. The molecule has 1 aromatic carbocycles. The Labute approximate surface area is 144 Å². The number of benzene rings is 1. The second kappa shape index (κ2) is 6.68. The van der Waals surface area contributed by atoms with Gasteiger partial charge in [0.15, 0.2) is 0 Å². The number of urea groups is 1. The molecule has 3 rings (SSSR count). The van der Waals surface area contributed by atoms with E-state index in [1.807, 2.05) is 23.1 Å². The summed E-state index contributed by atoms with van der Waals surface area (Å²) in [5.41, 5.74) is 3.38. The van der Waals surface area contributed by atoms with E-state index >= 15 is 0 Å². The first kappa shape index (κ1) is 16.6. The number of carbonyl (C=O) groups is 1. The molecule has 2 aliphatic rings. The van der Waals surface area contributed by atoms with Crippen LogP contribution in [0.15, 0.2) is 29.8 Å². The Hall–Kier alpha value is -2.28. The van der Waals surface area contributed by atoms with Gasteiger partial charge in [-0.2, -0.15) is 5.26 Å². The van der Waals surface area contributed by atoms with Crippen LogP contribution in [0.2, 0.25) is 0 Å². The zero-order valence-electron chi connectivity index (χ0n) is 14.6. The summed E-state index contributed by atoms with van der Waals surface area (Å²) in [4.78, 5) is 14.6. The van der Waals surface area contributed by atoms with Gasteiger partial charge in [-0.3, -0.25) is 0 Å². The maximum absolute atomic E-state index is 12.7. The third kappa shape index (κ3) is 2.91. The smallest absolute Gasteiger partial charge is 0.321 e. The summed E-state index contributed by atoms with van der Waals surface area (Å²) < 4.78 is 0. The van der Waals surface area contributed by atoms with Gasteiger partial charge in [0.2, 0.25) is 0 Å². The van der Waals surface area contributed by atoms with Gasteiger partial charge in [-0.15, -0.1) is 0 Å². The number of likely N-dealkylation sites (tertiary alicyclic amines) is 1. The minimum atomic E-state index is -0.229. The molecule has 1 atom stereocenters. The molecule has 0 bridgehead atoms. The van der Waals surface area contributed by atoms with Crippen molar-refractivity contribution in [3.63, 3.8) is 0 Å². The number of allylic oxidation sites excluding steroid dienone is 1. The van der Waals surface area contributed by atoms with Gasteiger partial charge in [0.1, 0.15) is 0 Å². The summed E-state index contributed by atoms with van der Waals surface area (Å²) in [7, 11) is 0. The van der Waals surface area contributed by atoms with Gasteiger partial charge in [0, 0.05) is 24.1 Å². The molecule has 0 spiro atoms. The number of fused-ring (bicyclic) bond motifs is 1. The van der Waals surface area contributed by atoms with Crippen LogP contribution in [0.3, 0.4) is 0 Å². The number of piperidine rings is 1. The van der Waals surface area contributed by atoms with E-state index in [4.69, 9.17) is 0 Å². The van der Waals surface area contributed by atoms with Gasteiger partial charge >= 0.3 is 6.03 Å². The van der Waals surface area contributed by atoms with Crippen molar-refractivity contribution in [2.45, 2.75) is 46.0 Å². The number of rotatable bonds is 2. The fourth-order valence-corrected chi connectivity index (χ4v) is 3.77. The van der Waals surface area contributed by atoms with E-state index in [0.29, 0.717) is 11.3 Å². The maximum atomic E-state index is 12.7. The molecule has 4 nitrogen and oxygen atoms in total. The lowest BCUT2D eigenvalue weighted by Gasteiger charge is -2.36. The minimum absolute atomic E-state index is 0.0763. The van der Waals surface area contributed by atoms with Crippen LogP contribution < -0.4 is 5.32 Å². The van der Waals surface area contributed by atoms with Crippen LogP contribution in [0.4, 0.5) is 4.79 Å². The topological polar surface area (TPSA) is 56.1 Å². The fourth-order valence-electron chi connectivity index (χ4n) is 3.77. The monoisotopic (exact) mass is 323 g/mol. The number of nitrogens with one attached hydrogen (secondary N) is 1. The first-order chi connectivity index (χ1) is 11.6. The number of amides is 2. The van der Waals surface area contributed by atoms with Crippen LogP contribution in [-0.4, -0.2) is 24.0 Å². The van der Waals surface area contributed by atoms with Crippen molar-refractivity contribution < 1.29 is 4.79 Å². The van der Waals surface area contributed by atoms with Crippen LogP contribution in [0.5, 0.6) is 0 Å². The lowest BCUT2D eigenvalue weighted by Crippen LogP contribution is -2.43. The Morgan fingerprint density at radius 3 is 2.67 bits per heavy atom. The molecule has 1 N–H and O–H groups in total. The van der Waals surface area contributed by atoms with Crippen molar-refractivity contribution in [1.29, 1.82) is 5.26 Å². The van der Waals surface area contributed by atoms with E-state index in [2.05, 4.69) is 31.3 Å². The van der Waals surface area contributed by atoms with Crippen LogP contribution in [0.25, 0.3) is 5.70 Å². The molecule has 0 saturated carbocycles. The molecule has 126 valence electrons. The van der Waals surface area contributed by atoms with Crippen molar-refractivity contribution in [1.82, 2.24) is 10.2 Å². The Balaban J connectivity index is 2.00. The highest BCUT2D eigenvalue weighted by atomic mass is 16.2. The van der Waals surface area contributed by atoms with Crippen LogP contribution in [-0.2, 0) is 6.42 Å². The lowest BCUT2D eigenvalue weighted by atomic mass is 9.69. The zero-order chi connectivity index (χ0) is 17.2. The summed E-state index contributed by atoms with van der Waals surface area (Å²) in [5, 5.41) is 12.9. The van der Waals surface area contributed by atoms with Crippen molar-refractivity contribution >= 4 is 11.7 Å². The Kier molecular flexibility index (Phi) is 4.62. The Morgan fingerprint density at radius 2 is 2.00 bits per heavy atom. The predicted octanol–water partition coefficient (Wildman–Crippen LogP) is 4.09. The molecule has 1 unspecified atom stereocenters. The fraction of sp³-hybridized carbons (Fsp3) is 0.500. The SMILES string of the molecule is CCC1(C)Cc2ccccc2C(NC(=O)N2CCCCC2)=C1C#N. The van der Waals surface area contributed by atoms with Gasteiger partial charge in [-0.1, -0.05) is 38.1 Å². The molecule has 1 heterocycles. The van der Waals surface area contributed by atoms with E-state index in [1.165, 1.54) is 12.0 Å². The summed E-state index contributed by atoms with van der Waals surface area (Å²) >= 11 is 0. The van der Waals surface area contributed by atoms with Crippen molar-refractivity contribution in [2.75, 3.05) is 13.1 Å². The van der Waals surface area contributed by atoms with Gasteiger partial charge < -0.3 is 10.2 Å². The Morgan fingerprint density at radius 1 is 1.29 bits per heavy atom. The van der Waals surface area contributed by atoms with Crippen molar-refractivity contribution in [2.24, 2.45) is 5.41 Å². The normalized spacial score (nSPS) is 23.5. The average molecular weight is 323 g/mol. The van der Waals surface area contributed by atoms with E-state index in [0.717, 1.165) is 44.3 Å². The summed E-state index contributed by atoms with van der Waals surface area (Å²) in [6, 6.07) is 10.4. The van der Waals surface area contributed by atoms with E-state index in [9.17, 15) is 10.1 Å². The van der Waals surface area contributed by atoms with Crippen LogP contribution in [0, 0.1) is 16.7 Å². The number of hydrogen-bond donors (Lipinski definition) is 1. The largest absolute Gasteiger partial charge is 0.325 e. The molecular weight excluding hydrogens is 298 g/mol. The first-order valence-corrected chi connectivity index (χ1v) is 8.88. The average Bonchev–Trinajstić information content (AvgIpc) is 2.62. The molecule has 4 heteroatoms. The highest BCUT2D eigenvalue weighted by Crippen LogP contribution is 2.43. The summed E-state index contributed by atoms with van der Waals surface area (Å²) in [5.74, 6) is 0. The lowest BCUT2D eigenvalue weighted by molar-refractivity contribution is 0.190. The minimum Gasteiger partial charge on any atom is -0.325 e. The maximum Gasteiger partial charge on any atom is 0.321 e. The molecule has 24 heavy (non-hydrogen) atoms. The van der Waals surface area contributed by atoms with Crippen LogP contribution >= 0.6 is 0 Å². The van der Waals surface area contributed by atoms with Gasteiger partial charge in [-0.05, 0) is 37.7 Å². The third-order valence-corrected chi connectivity index (χ3v) is 5.49. The second-order valence-corrected chi connectivity index (χ2v) is 7.09. The van der Waals surface area contributed by atoms with E-state index < -0.39 is 0 Å². The molecule has 1 fully saturated rings. The second-order valence-electron chi connectivity index (χ2n) is 7.09. The molecule has 1 saturated heterocycles. The van der Waals surface area contributed by atoms with Gasteiger partial charge in [0.05, 0.1) is 17.3 Å². The van der Waals surface area contributed by atoms with E-state index in [1.54, 1.807) is 0 Å². The summed E-state index contributed by atoms with van der Waals surface area (Å²) in [6.45, 7) is 5.82. The van der Waals surface area contributed by atoms with Crippen molar-refractivity contribution in [3.8, 4) is 6.07 Å². The summed E-state index contributed by atoms with van der Waals surface area (Å²) in [6.07, 6.45) is 5.01. The quantitative estimate of drug-likeness (QED) is 0.891. The molecule has 1 aliphatic heterocycles. The van der Waals surface area contributed by atoms with E-state index in [-0.39, 0.29) is 11.4 Å². The van der Waals surface area contributed by atoms with Gasteiger partial charge in [-0.25, -0.2) is 4.79 Å². The molecule has 0 radical (unpaired) electrons. The number of carbonyl (C=O) groups excluding carboxylic acids is 1.